The van der Waals surface area contributed by atoms with Crippen molar-refractivity contribution in [2.45, 2.75) is 49.0 Å². The highest BCUT2D eigenvalue weighted by Crippen LogP contribution is 2.38. The summed E-state index contributed by atoms with van der Waals surface area (Å²) < 4.78 is 0. The Bertz CT molecular complexity index is 1510. The van der Waals surface area contributed by atoms with E-state index in [9.17, 15) is 20.1 Å². The molecule has 4 rings (SSSR count). The SMILES string of the molecule is CCc1c(C#N)c(CN(C)C2CCN(c3ncc(C(=O)NO)cn3)CC2)nc(SC(C(N)=O)c2ccccc2)c1C#N. The van der Waals surface area contributed by atoms with E-state index in [-0.39, 0.29) is 11.6 Å². The van der Waals surface area contributed by atoms with Gasteiger partial charge in [0.15, 0.2) is 0 Å². The molecule has 216 valence electrons. The topological polar surface area (TPSA) is 185 Å². The third-order valence-corrected chi connectivity index (χ3v) is 8.54. The van der Waals surface area contributed by atoms with E-state index in [0.29, 0.717) is 65.0 Å². The predicted octanol–water partition coefficient (Wildman–Crippen LogP) is 2.72. The number of amides is 2. The van der Waals surface area contributed by atoms with E-state index in [2.05, 4.69) is 27.0 Å². The van der Waals surface area contributed by atoms with Crippen molar-refractivity contribution >= 4 is 29.5 Å². The maximum Gasteiger partial charge on any atom is 0.277 e. The number of carbonyl (C=O) groups is 2. The van der Waals surface area contributed by atoms with Crippen LogP contribution in [-0.2, 0) is 17.8 Å². The van der Waals surface area contributed by atoms with E-state index < -0.39 is 17.1 Å². The van der Waals surface area contributed by atoms with Crippen molar-refractivity contribution in [2.75, 3.05) is 25.0 Å². The van der Waals surface area contributed by atoms with Gasteiger partial charge in [-0.3, -0.25) is 19.7 Å². The van der Waals surface area contributed by atoms with E-state index in [0.717, 1.165) is 24.6 Å². The standard InChI is InChI=1S/C29H31N9O3S/c1-3-21-22(13-30)24(35-28(23(21)14-31)42-25(26(32)39)18-7-5-4-6-8-18)17-37(2)20-9-11-38(12-10-20)29-33-15-19(16-34-29)27(40)36-41/h4-8,15-16,20,25,41H,3,9-12,17H2,1-2H3,(H2,32,39)(H,36,40). The quantitative estimate of drug-likeness (QED) is 0.180. The lowest BCUT2D eigenvalue weighted by Gasteiger charge is -2.36. The maximum atomic E-state index is 12.4. The number of primary amides is 1. The maximum absolute atomic E-state index is 12.4. The normalized spacial score (nSPS) is 14.2. The molecule has 0 bridgehead atoms. The van der Waals surface area contributed by atoms with Crippen LogP contribution in [0.1, 0.15) is 63.3 Å². The lowest BCUT2D eigenvalue weighted by molar-refractivity contribution is -0.117. The molecule has 0 spiro atoms. The molecule has 1 fully saturated rings. The lowest BCUT2D eigenvalue weighted by atomic mass is 9.99. The first-order valence-electron chi connectivity index (χ1n) is 13.4. The van der Waals surface area contributed by atoms with Crippen LogP contribution in [0.2, 0.25) is 0 Å². The van der Waals surface area contributed by atoms with Gasteiger partial charge in [0.2, 0.25) is 11.9 Å². The third-order valence-electron chi connectivity index (χ3n) is 7.28. The van der Waals surface area contributed by atoms with Crippen LogP contribution in [0, 0.1) is 22.7 Å². The number of nitrogens with zero attached hydrogens (tertiary/aromatic N) is 7. The zero-order chi connectivity index (χ0) is 30.2. The summed E-state index contributed by atoms with van der Waals surface area (Å²) in [6.07, 6.45) is 4.80. The smallest absolute Gasteiger partial charge is 0.277 e. The fourth-order valence-corrected chi connectivity index (χ4v) is 6.11. The molecule has 2 aromatic heterocycles. The molecule has 3 heterocycles. The van der Waals surface area contributed by atoms with Crippen LogP contribution >= 0.6 is 11.8 Å². The number of aromatic nitrogens is 3. The second-order valence-electron chi connectivity index (χ2n) is 9.83. The number of anilines is 1. The number of carbonyl (C=O) groups excluding carboxylic acids is 2. The minimum absolute atomic E-state index is 0.161. The van der Waals surface area contributed by atoms with Gasteiger partial charge in [0.05, 0.1) is 22.4 Å². The number of thioether (sulfide) groups is 1. The first-order chi connectivity index (χ1) is 20.3. The van der Waals surface area contributed by atoms with Gasteiger partial charge in [-0.1, -0.05) is 49.0 Å². The molecule has 13 heteroatoms. The van der Waals surface area contributed by atoms with Crippen LogP contribution < -0.4 is 16.1 Å². The zero-order valence-corrected chi connectivity index (χ0v) is 24.1. The average Bonchev–Trinajstić information content (AvgIpc) is 3.03. The molecule has 42 heavy (non-hydrogen) atoms. The highest BCUT2D eigenvalue weighted by atomic mass is 32.2. The number of piperidine rings is 1. The van der Waals surface area contributed by atoms with Crippen molar-refractivity contribution in [3.63, 3.8) is 0 Å². The van der Waals surface area contributed by atoms with Crippen molar-refractivity contribution in [3.05, 3.63) is 76.2 Å². The number of nitrogens with two attached hydrogens (primary N) is 1. The molecule has 3 aromatic rings. The van der Waals surface area contributed by atoms with Crippen LogP contribution in [0.25, 0.3) is 0 Å². The van der Waals surface area contributed by atoms with Crippen molar-refractivity contribution in [1.29, 1.82) is 10.5 Å². The summed E-state index contributed by atoms with van der Waals surface area (Å²) in [5, 5.41) is 28.5. The summed E-state index contributed by atoms with van der Waals surface area (Å²) >= 11 is 1.13. The molecule has 1 saturated heterocycles. The number of hydrogen-bond acceptors (Lipinski definition) is 11. The van der Waals surface area contributed by atoms with E-state index >= 15 is 0 Å². The highest BCUT2D eigenvalue weighted by Gasteiger charge is 2.28. The molecule has 0 aliphatic carbocycles. The highest BCUT2D eigenvalue weighted by molar-refractivity contribution is 8.00. The Labute approximate surface area is 248 Å². The van der Waals surface area contributed by atoms with E-state index in [1.54, 1.807) is 5.48 Å². The summed E-state index contributed by atoms with van der Waals surface area (Å²) in [5.41, 5.74) is 10.0. The minimum Gasteiger partial charge on any atom is -0.368 e. The van der Waals surface area contributed by atoms with E-state index in [1.165, 1.54) is 12.4 Å². The predicted molar refractivity (Wildman–Crippen MR) is 155 cm³/mol. The summed E-state index contributed by atoms with van der Waals surface area (Å²) in [7, 11) is 1.98. The van der Waals surface area contributed by atoms with Gasteiger partial charge < -0.3 is 10.6 Å². The van der Waals surface area contributed by atoms with Crippen LogP contribution in [0.4, 0.5) is 5.95 Å². The molecular weight excluding hydrogens is 554 g/mol. The lowest BCUT2D eigenvalue weighted by Crippen LogP contribution is -2.44. The van der Waals surface area contributed by atoms with Crippen LogP contribution in [0.15, 0.2) is 47.8 Å². The second kappa shape index (κ2) is 13.9. The van der Waals surface area contributed by atoms with Crippen molar-refractivity contribution in [1.82, 2.24) is 25.3 Å². The summed E-state index contributed by atoms with van der Waals surface area (Å²) in [4.78, 5) is 41.4. The summed E-state index contributed by atoms with van der Waals surface area (Å²) in [6.45, 7) is 3.65. The molecule has 1 aliphatic rings. The van der Waals surface area contributed by atoms with Crippen molar-refractivity contribution in [3.8, 4) is 12.1 Å². The number of hydrogen-bond donors (Lipinski definition) is 3. The Morgan fingerprint density at radius 2 is 1.81 bits per heavy atom. The number of nitrogens with one attached hydrogen (secondary N) is 1. The van der Waals surface area contributed by atoms with Gasteiger partial charge in [-0.25, -0.2) is 20.4 Å². The number of benzene rings is 1. The van der Waals surface area contributed by atoms with Crippen LogP contribution in [-0.4, -0.2) is 63.1 Å². The van der Waals surface area contributed by atoms with Gasteiger partial charge >= 0.3 is 0 Å². The molecule has 1 aliphatic heterocycles. The Balaban J connectivity index is 1.54. The number of pyridine rings is 1. The zero-order valence-electron chi connectivity index (χ0n) is 23.3. The molecule has 1 atom stereocenters. The molecule has 4 N–H and O–H groups in total. The van der Waals surface area contributed by atoms with E-state index in [1.807, 2.05) is 49.2 Å². The van der Waals surface area contributed by atoms with Gasteiger partial charge in [-0.2, -0.15) is 10.5 Å². The molecule has 0 radical (unpaired) electrons. The third kappa shape index (κ3) is 6.66. The van der Waals surface area contributed by atoms with Crippen LogP contribution in [0.3, 0.4) is 0 Å². The van der Waals surface area contributed by atoms with Crippen LogP contribution in [0.5, 0.6) is 0 Å². The Kier molecular flexibility index (Phi) is 10.0. The molecule has 12 nitrogen and oxygen atoms in total. The minimum atomic E-state index is -0.743. The molecule has 0 saturated carbocycles. The first kappa shape index (κ1) is 30.4. The summed E-state index contributed by atoms with van der Waals surface area (Å²) in [5.74, 6) is -0.712. The average molecular weight is 586 g/mol. The Morgan fingerprint density at radius 1 is 1.17 bits per heavy atom. The fourth-order valence-electron chi connectivity index (χ4n) is 5.03. The number of nitriles is 2. The number of hydroxylamine groups is 1. The van der Waals surface area contributed by atoms with Crippen molar-refractivity contribution in [2.24, 2.45) is 5.73 Å². The molecule has 1 aromatic carbocycles. The van der Waals surface area contributed by atoms with Gasteiger partial charge in [0.25, 0.3) is 5.91 Å². The Morgan fingerprint density at radius 3 is 2.36 bits per heavy atom. The van der Waals surface area contributed by atoms with Gasteiger partial charge in [-0.15, -0.1) is 0 Å². The molecule has 1 unspecified atom stereocenters. The Hall–Kier alpha value is -4.56. The van der Waals surface area contributed by atoms with Gasteiger partial charge in [0, 0.05) is 38.1 Å². The molecular formula is C29H31N9O3S. The summed E-state index contributed by atoms with van der Waals surface area (Å²) in [6, 6.07) is 13.8. The largest absolute Gasteiger partial charge is 0.368 e. The fraction of sp³-hybridized carbons (Fsp3) is 0.345. The van der Waals surface area contributed by atoms with Crippen molar-refractivity contribution < 1.29 is 14.8 Å². The molecule has 2 amide bonds. The second-order valence-corrected chi connectivity index (χ2v) is 10.9. The van der Waals surface area contributed by atoms with Gasteiger partial charge in [0.1, 0.15) is 22.4 Å². The monoisotopic (exact) mass is 585 g/mol. The number of rotatable bonds is 10. The first-order valence-corrected chi connectivity index (χ1v) is 14.3. The van der Waals surface area contributed by atoms with E-state index in [4.69, 9.17) is 15.9 Å². The van der Waals surface area contributed by atoms with Gasteiger partial charge in [-0.05, 0) is 37.4 Å².